The summed E-state index contributed by atoms with van der Waals surface area (Å²) in [5.74, 6) is 1.81. The van der Waals surface area contributed by atoms with E-state index in [2.05, 4.69) is 25.1 Å². The van der Waals surface area contributed by atoms with E-state index in [1.807, 2.05) is 0 Å². The molecule has 1 aromatic heterocycles. The highest BCUT2D eigenvalue weighted by Gasteiger charge is 2.18. The molecule has 1 aliphatic carbocycles. The van der Waals surface area contributed by atoms with Gasteiger partial charge in [0, 0.05) is 11.4 Å². The van der Waals surface area contributed by atoms with Gasteiger partial charge in [0.25, 0.3) is 0 Å². The fourth-order valence-electron chi connectivity index (χ4n) is 2.30. The van der Waals surface area contributed by atoms with E-state index in [0.717, 1.165) is 35.6 Å². The van der Waals surface area contributed by atoms with E-state index >= 15 is 0 Å². The van der Waals surface area contributed by atoms with E-state index in [1.54, 1.807) is 11.8 Å². The molecule has 0 amide bonds. The number of thioether (sulfide) groups is 1. The summed E-state index contributed by atoms with van der Waals surface area (Å²) in [7, 11) is 0. The lowest BCUT2D eigenvalue weighted by atomic mass is 9.95. The minimum Gasteiger partial charge on any atom is -0.409 e. The number of aromatic nitrogens is 1. The largest absolute Gasteiger partial charge is 0.409 e. The zero-order valence-electron chi connectivity index (χ0n) is 12.2. The average molecular weight is 293 g/mol. The Morgan fingerprint density at radius 2 is 2.25 bits per heavy atom. The third-order valence-corrected chi connectivity index (χ3v) is 5.17. The molecule has 0 bridgehead atoms. The lowest BCUT2D eigenvalue weighted by molar-refractivity contribution is 0.318. The van der Waals surface area contributed by atoms with Crippen molar-refractivity contribution in [3.05, 3.63) is 22.9 Å². The summed E-state index contributed by atoms with van der Waals surface area (Å²) in [4.78, 5) is 4.78. The molecule has 0 spiro atoms. The van der Waals surface area contributed by atoms with Crippen LogP contribution in [0.2, 0.25) is 0 Å². The van der Waals surface area contributed by atoms with Gasteiger partial charge in [-0.1, -0.05) is 25.4 Å². The van der Waals surface area contributed by atoms with Crippen LogP contribution in [0.4, 0.5) is 0 Å². The third-order valence-electron chi connectivity index (χ3n) is 3.85. The van der Waals surface area contributed by atoms with Crippen molar-refractivity contribution < 1.29 is 5.21 Å². The summed E-state index contributed by atoms with van der Waals surface area (Å²) >= 11 is 1.71. The van der Waals surface area contributed by atoms with E-state index in [9.17, 15) is 0 Å². The third kappa shape index (κ3) is 3.45. The number of hydrogen-bond acceptors (Lipinski definition) is 4. The number of hydrogen-bond donors (Lipinski definition) is 2. The number of fused-ring (bicyclic) bond motifs is 1. The maximum absolute atomic E-state index is 8.97. The van der Waals surface area contributed by atoms with Gasteiger partial charge in [-0.2, -0.15) is 0 Å². The number of amidine groups is 1. The van der Waals surface area contributed by atoms with Gasteiger partial charge in [0.1, 0.15) is 5.03 Å². The molecule has 2 rings (SSSR count). The Hall–Kier alpha value is -1.23. The van der Waals surface area contributed by atoms with Crippen LogP contribution in [0.25, 0.3) is 0 Å². The molecule has 1 aliphatic rings. The summed E-state index contributed by atoms with van der Waals surface area (Å²) in [6.45, 7) is 4.42. The standard InChI is InChI=1S/C15H23N3OS/c1-3-10(2)9-20-15-12(14(16)18-19)8-11-6-4-5-7-13(11)17-15/h8,10,19H,3-7,9H2,1-2H3,(H2,16,18). The van der Waals surface area contributed by atoms with Gasteiger partial charge in [-0.15, -0.1) is 11.8 Å². The summed E-state index contributed by atoms with van der Waals surface area (Å²) in [6.07, 6.45) is 5.64. The molecule has 110 valence electrons. The van der Waals surface area contributed by atoms with Crippen LogP contribution in [0.3, 0.4) is 0 Å². The fraction of sp³-hybridized carbons (Fsp3) is 0.600. The summed E-state index contributed by atoms with van der Waals surface area (Å²) in [5, 5.41) is 13.0. The van der Waals surface area contributed by atoms with Crippen LogP contribution in [-0.2, 0) is 12.8 Å². The van der Waals surface area contributed by atoms with Crippen molar-refractivity contribution in [2.75, 3.05) is 5.75 Å². The predicted octanol–water partition coefficient (Wildman–Crippen LogP) is 3.19. The average Bonchev–Trinajstić information content (AvgIpc) is 2.50. The molecular formula is C15H23N3OS. The Morgan fingerprint density at radius 3 is 2.95 bits per heavy atom. The minimum atomic E-state index is 0.164. The van der Waals surface area contributed by atoms with Crippen molar-refractivity contribution in [1.29, 1.82) is 0 Å². The number of oxime groups is 1. The second kappa shape index (κ2) is 6.97. The maximum Gasteiger partial charge on any atom is 0.172 e. The van der Waals surface area contributed by atoms with Crippen LogP contribution in [0.15, 0.2) is 16.2 Å². The van der Waals surface area contributed by atoms with Gasteiger partial charge < -0.3 is 10.9 Å². The van der Waals surface area contributed by atoms with E-state index in [0.29, 0.717) is 5.92 Å². The first kappa shape index (κ1) is 15.2. The summed E-state index contributed by atoms with van der Waals surface area (Å²) < 4.78 is 0. The monoisotopic (exact) mass is 293 g/mol. The van der Waals surface area contributed by atoms with E-state index in [1.165, 1.54) is 24.1 Å². The zero-order valence-corrected chi connectivity index (χ0v) is 13.0. The topological polar surface area (TPSA) is 71.5 Å². The smallest absolute Gasteiger partial charge is 0.172 e. The molecule has 1 atom stereocenters. The fourth-order valence-corrected chi connectivity index (χ4v) is 3.47. The molecule has 4 nitrogen and oxygen atoms in total. The second-order valence-electron chi connectivity index (χ2n) is 5.46. The van der Waals surface area contributed by atoms with Crippen molar-refractivity contribution in [2.45, 2.75) is 51.0 Å². The first-order valence-corrected chi connectivity index (χ1v) is 8.27. The van der Waals surface area contributed by atoms with Gasteiger partial charge in [0.05, 0.1) is 5.56 Å². The van der Waals surface area contributed by atoms with E-state index < -0.39 is 0 Å². The first-order valence-electron chi connectivity index (χ1n) is 7.29. The quantitative estimate of drug-likeness (QED) is 0.287. The molecule has 5 heteroatoms. The highest BCUT2D eigenvalue weighted by molar-refractivity contribution is 7.99. The van der Waals surface area contributed by atoms with Crippen LogP contribution in [0, 0.1) is 5.92 Å². The van der Waals surface area contributed by atoms with Crippen molar-refractivity contribution in [3.8, 4) is 0 Å². The van der Waals surface area contributed by atoms with Crippen LogP contribution >= 0.6 is 11.8 Å². The Balaban J connectivity index is 2.31. The van der Waals surface area contributed by atoms with Gasteiger partial charge in [-0.3, -0.25) is 0 Å². The van der Waals surface area contributed by atoms with Crippen molar-refractivity contribution >= 4 is 17.6 Å². The summed E-state index contributed by atoms with van der Waals surface area (Å²) in [5.41, 5.74) is 9.04. The summed E-state index contributed by atoms with van der Waals surface area (Å²) in [6, 6.07) is 2.06. The SMILES string of the molecule is CCC(C)CSc1nc2c(cc1C(N)=NO)CCCC2. The molecule has 0 saturated carbocycles. The number of nitrogens with zero attached hydrogens (tertiary/aromatic N) is 2. The number of aryl methyl sites for hydroxylation is 2. The molecule has 1 aromatic rings. The van der Waals surface area contributed by atoms with Crippen LogP contribution in [0.1, 0.15) is 49.9 Å². The molecule has 0 aromatic carbocycles. The number of pyridine rings is 1. The van der Waals surface area contributed by atoms with Crippen molar-refractivity contribution in [1.82, 2.24) is 4.98 Å². The highest BCUT2D eigenvalue weighted by atomic mass is 32.2. The molecule has 1 heterocycles. The van der Waals surface area contributed by atoms with Crippen molar-refractivity contribution in [2.24, 2.45) is 16.8 Å². The number of rotatable bonds is 5. The first-order chi connectivity index (χ1) is 9.65. The van der Waals surface area contributed by atoms with Crippen LogP contribution in [-0.4, -0.2) is 21.8 Å². The predicted molar refractivity (Wildman–Crippen MR) is 83.6 cm³/mol. The normalized spacial score (nSPS) is 16.8. The van der Waals surface area contributed by atoms with E-state index in [-0.39, 0.29) is 5.84 Å². The van der Waals surface area contributed by atoms with Gasteiger partial charge in [-0.25, -0.2) is 4.98 Å². The molecule has 0 radical (unpaired) electrons. The zero-order chi connectivity index (χ0) is 14.5. The second-order valence-corrected chi connectivity index (χ2v) is 6.47. The molecule has 0 saturated heterocycles. The Kier molecular flexibility index (Phi) is 5.29. The molecule has 3 N–H and O–H groups in total. The van der Waals surface area contributed by atoms with Crippen molar-refractivity contribution in [3.63, 3.8) is 0 Å². The van der Waals surface area contributed by atoms with Gasteiger partial charge >= 0.3 is 0 Å². The minimum absolute atomic E-state index is 0.164. The lowest BCUT2D eigenvalue weighted by Crippen LogP contribution is -2.18. The maximum atomic E-state index is 8.97. The molecule has 0 aliphatic heterocycles. The van der Waals surface area contributed by atoms with Crippen LogP contribution in [0.5, 0.6) is 0 Å². The molecule has 20 heavy (non-hydrogen) atoms. The Labute approximate surface area is 124 Å². The highest BCUT2D eigenvalue weighted by Crippen LogP contribution is 2.29. The Bertz CT molecular complexity index is 502. The molecule has 1 unspecified atom stereocenters. The van der Waals surface area contributed by atoms with Gasteiger partial charge in [-0.05, 0) is 43.2 Å². The van der Waals surface area contributed by atoms with Gasteiger partial charge in [0.15, 0.2) is 5.84 Å². The molecular weight excluding hydrogens is 270 g/mol. The lowest BCUT2D eigenvalue weighted by Gasteiger charge is -2.18. The number of nitrogens with two attached hydrogens (primary N) is 1. The Morgan fingerprint density at radius 1 is 1.50 bits per heavy atom. The molecule has 0 fully saturated rings. The van der Waals surface area contributed by atoms with Gasteiger partial charge in [0.2, 0.25) is 0 Å². The van der Waals surface area contributed by atoms with Crippen LogP contribution < -0.4 is 5.73 Å². The van der Waals surface area contributed by atoms with E-state index in [4.69, 9.17) is 15.9 Å².